The number of halogens is 3. The molecule has 0 atom stereocenters. The minimum absolute atomic E-state index is 0. The number of guanidine groups is 1. The molecule has 3 rings (SSSR count). The van der Waals surface area contributed by atoms with E-state index < -0.39 is 5.82 Å². The Bertz CT molecular complexity index is 746. The molecule has 10 heteroatoms. The Labute approximate surface area is 180 Å². The lowest BCUT2D eigenvalue weighted by atomic mass is 10.2. The number of nitrogens with zero attached hydrogens (tertiary/aromatic N) is 6. The predicted molar refractivity (Wildman–Crippen MR) is 116 cm³/mol. The van der Waals surface area contributed by atoms with E-state index >= 15 is 0 Å². The van der Waals surface area contributed by atoms with Gasteiger partial charge in [0.25, 0.3) is 0 Å². The van der Waals surface area contributed by atoms with E-state index in [4.69, 9.17) is 0 Å². The van der Waals surface area contributed by atoms with Gasteiger partial charge in [-0.25, -0.2) is 8.78 Å². The largest absolute Gasteiger partial charge is 0.366 e. The summed E-state index contributed by atoms with van der Waals surface area (Å²) in [4.78, 5) is 8.37. The molecule has 0 saturated carbocycles. The van der Waals surface area contributed by atoms with Crippen LogP contribution < -0.4 is 10.2 Å². The molecule has 0 radical (unpaired) electrons. The molecule has 1 N–H and O–H groups in total. The van der Waals surface area contributed by atoms with E-state index in [2.05, 4.69) is 25.4 Å². The van der Waals surface area contributed by atoms with Gasteiger partial charge in [-0.3, -0.25) is 4.99 Å². The summed E-state index contributed by atoms with van der Waals surface area (Å²) in [5.74, 6) is 0.0388. The van der Waals surface area contributed by atoms with Crippen molar-refractivity contribution >= 4 is 35.6 Å². The van der Waals surface area contributed by atoms with E-state index in [1.54, 1.807) is 19.7 Å². The summed E-state index contributed by atoms with van der Waals surface area (Å²) in [7, 11) is 1.76. The van der Waals surface area contributed by atoms with Gasteiger partial charge in [0, 0.05) is 52.4 Å². The van der Waals surface area contributed by atoms with Crippen molar-refractivity contribution in [2.45, 2.75) is 19.4 Å². The van der Waals surface area contributed by atoms with Crippen LogP contribution in [0.5, 0.6) is 0 Å². The summed E-state index contributed by atoms with van der Waals surface area (Å²) >= 11 is 0. The van der Waals surface area contributed by atoms with Gasteiger partial charge in [-0.15, -0.1) is 34.2 Å². The molecule has 0 spiro atoms. The first-order valence-corrected chi connectivity index (χ1v) is 9.15. The van der Waals surface area contributed by atoms with Crippen LogP contribution in [-0.4, -0.2) is 65.4 Å². The van der Waals surface area contributed by atoms with E-state index in [9.17, 15) is 8.78 Å². The first-order valence-electron chi connectivity index (χ1n) is 9.15. The first kappa shape index (κ1) is 22.3. The third-order valence-corrected chi connectivity index (χ3v) is 4.63. The van der Waals surface area contributed by atoms with Crippen molar-refractivity contribution in [1.82, 2.24) is 25.0 Å². The number of aryl methyl sites for hydroxylation is 1. The standard InChI is InChI=1S/C18H25F2N7.HI/c1-21-18(22-6-2-3-7-25-13-23-24-14-25)27-10-8-26(9-11-27)17-12-15(19)4-5-16(17)20;/h4-5,12-14H,2-3,6-11H2,1H3,(H,21,22);1H. The Morgan fingerprint density at radius 3 is 2.50 bits per heavy atom. The lowest BCUT2D eigenvalue weighted by molar-refractivity contribution is 0.370. The molecule has 2 aromatic rings. The number of piperazine rings is 1. The van der Waals surface area contributed by atoms with Gasteiger partial charge < -0.3 is 19.7 Å². The predicted octanol–water partition coefficient (Wildman–Crippen LogP) is 2.35. The molecule has 1 saturated heterocycles. The fourth-order valence-electron chi connectivity index (χ4n) is 3.18. The normalized spacial score (nSPS) is 14.8. The monoisotopic (exact) mass is 505 g/mol. The Balaban J connectivity index is 0.00000280. The van der Waals surface area contributed by atoms with Gasteiger partial charge in [0.05, 0.1) is 5.69 Å². The summed E-state index contributed by atoms with van der Waals surface area (Å²) < 4.78 is 29.3. The third-order valence-electron chi connectivity index (χ3n) is 4.63. The van der Waals surface area contributed by atoms with Crippen LogP contribution in [0.25, 0.3) is 0 Å². The zero-order valence-electron chi connectivity index (χ0n) is 15.9. The average Bonchev–Trinajstić information content (AvgIpc) is 3.20. The Kier molecular flexibility index (Phi) is 8.87. The number of rotatable bonds is 6. The molecule has 1 aromatic carbocycles. The molecular formula is C18H26F2IN7. The molecule has 1 aliphatic heterocycles. The van der Waals surface area contributed by atoms with Crippen LogP contribution in [0.15, 0.2) is 35.8 Å². The molecule has 7 nitrogen and oxygen atoms in total. The second-order valence-electron chi connectivity index (χ2n) is 6.45. The van der Waals surface area contributed by atoms with Crippen molar-refractivity contribution < 1.29 is 8.78 Å². The van der Waals surface area contributed by atoms with E-state index in [1.807, 2.05) is 9.47 Å². The van der Waals surface area contributed by atoms with Crippen molar-refractivity contribution in [2.24, 2.45) is 4.99 Å². The number of aromatic nitrogens is 3. The summed E-state index contributed by atoms with van der Waals surface area (Å²) in [6.07, 6.45) is 5.46. The topological polar surface area (TPSA) is 61.6 Å². The van der Waals surface area contributed by atoms with Gasteiger partial charge in [-0.2, -0.15) is 0 Å². The van der Waals surface area contributed by atoms with Crippen LogP contribution in [0, 0.1) is 11.6 Å². The summed E-state index contributed by atoms with van der Waals surface area (Å²) in [6.45, 7) is 4.37. The number of anilines is 1. The van der Waals surface area contributed by atoms with Gasteiger partial charge in [0.2, 0.25) is 0 Å². The molecule has 1 aromatic heterocycles. The third kappa shape index (κ3) is 6.01. The number of aliphatic imine (C=N–C) groups is 1. The Morgan fingerprint density at radius 1 is 1.11 bits per heavy atom. The maximum Gasteiger partial charge on any atom is 0.193 e. The van der Waals surface area contributed by atoms with Crippen molar-refractivity contribution in [3.05, 3.63) is 42.5 Å². The van der Waals surface area contributed by atoms with Crippen LogP contribution in [0.4, 0.5) is 14.5 Å². The van der Waals surface area contributed by atoms with E-state index in [1.165, 1.54) is 12.1 Å². The van der Waals surface area contributed by atoms with Crippen molar-refractivity contribution in [3.8, 4) is 0 Å². The molecule has 28 heavy (non-hydrogen) atoms. The van der Waals surface area contributed by atoms with Crippen LogP contribution in [-0.2, 0) is 6.54 Å². The summed E-state index contributed by atoms with van der Waals surface area (Å²) in [5.41, 5.74) is 0.326. The first-order chi connectivity index (χ1) is 13.2. The summed E-state index contributed by atoms with van der Waals surface area (Å²) in [5, 5.41) is 10.9. The zero-order chi connectivity index (χ0) is 19.1. The molecule has 1 fully saturated rings. The Hall–Kier alpha value is -1.98. The van der Waals surface area contributed by atoms with Crippen molar-refractivity contribution in [3.63, 3.8) is 0 Å². The molecule has 0 bridgehead atoms. The second-order valence-corrected chi connectivity index (χ2v) is 6.45. The van der Waals surface area contributed by atoms with Crippen LogP contribution in [0.2, 0.25) is 0 Å². The smallest absolute Gasteiger partial charge is 0.193 e. The zero-order valence-corrected chi connectivity index (χ0v) is 18.2. The molecule has 2 heterocycles. The van der Waals surface area contributed by atoms with Gasteiger partial charge in [-0.05, 0) is 25.0 Å². The summed E-state index contributed by atoms with van der Waals surface area (Å²) in [6, 6.07) is 3.58. The van der Waals surface area contributed by atoms with Gasteiger partial charge in [0.15, 0.2) is 5.96 Å². The van der Waals surface area contributed by atoms with Crippen LogP contribution >= 0.6 is 24.0 Å². The molecule has 0 amide bonds. The lowest BCUT2D eigenvalue weighted by Gasteiger charge is -2.37. The van der Waals surface area contributed by atoms with Gasteiger partial charge >= 0.3 is 0 Å². The molecule has 1 aliphatic rings. The number of hydrogen-bond acceptors (Lipinski definition) is 4. The molecule has 0 unspecified atom stereocenters. The highest BCUT2D eigenvalue weighted by Gasteiger charge is 2.21. The maximum absolute atomic E-state index is 13.9. The van der Waals surface area contributed by atoms with Gasteiger partial charge in [0.1, 0.15) is 24.3 Å². The lowest BCUT2D eigenvalue weighted by Crippen LogP contribution is -2.52. The molecule has 0 aliphatic carbocycles. The minimum Gasteiger partial charge on any atom is -0.366 e. The maximum atomic E-state index is 13.9. The number of benzene rings is 1. The van der Waals surface area contributed by atoms with E-state index in [0.717, 1.165) is 38.0 Å². The quantitative estimate of drug-likeness (QED) is 0.283. The van der Waals surface area contributed by atoms with Gasteiger partial charge in [-0.1, -0.05) is 0 Å². The SMILES string of the molecule is CN=C(NCCCCn1cnnc1)N1CCN(c2cc(F)ccc2F)CC1.I. The van der Waals surface area contributed by atoms with E-state index in [-0.39, 0.29) is 29.8 Å². The highest BCUT2D eigenvalue weighted by atomic mass is 127. The van der Waals surface area contributed by atoms with Crippen molar-refractivity contribution in [2.75, 3.05) is 44.7 Å². The number of unbranched alkanes of at least 4 members (excludes halogenated alkanes) is 1. The Morgan fingerprint density at radius 2 is 1.82 bits per heavy atom. The van der Waals surface area contributed by atoms with E-state index in [0.29, 0.717) is 31.9 Å². The number of nitrogens with one attached hydrogen (secondary N) is 1. The van der Waals surface area contributed by atoms with Crippen molar-refractivity contribution in [1.29, 1.82) is 0 Å². The molecule has 154 valence electrons. The second kappa shape index (κ2) is 11.1. The highest BCUT2D eigenvalue weighted by molar-refractivity contribution is 14.0. The van der Waals surface area contributed by atoms with Crippen LogP contribution in [0.3, 0.4) is 0 Å². The fraction of sp³-hybridized carbons (Fsp3) is 0.500. The average molecular weight is 505 g/mol. The minimum atomic E-state index is -0.419. The number of hydrogen-bond donors (Lipinski definition) is 1. The molecular weight excluding hydrogens is 479 g/mol. The highest BCUT2D eigenvalue weighted by Crippen LogP contribution is 2.21. The van der Waals surface area contributed by atoms with Crippen LogP contribution in [0.1, 0.15) is 12.8 Å². The fourth-order valence-corrected chi connectivity index (χ4v) is 3.18.